The number of aryl methyl sites for hydroxylation is 1. The first-order chi connectivity index (χ1) is 9.76. The predicted molar refractivity (Wildman–Crippen MR) is 76.2 cm³/mol. The van der Waals surface area contributed by atoms with E-state index in [1.807, 2.05) is 23.9 Å². The molecule has 0 aromatic carbocycles. The number of carbonyl (C=O) groups excluding carboxylic acids is 1. The number of nitrogens with one attached hydrogen (secondary N) is 1. The lowest BCUT2D eigenvalue weighted by Crippen LogP contribution is -2.55. The third-order valence-corrected chi connectivity index (χ3v) is 3.52. The second-order valence-electron chi connectivity index (χ2n) is 4.99. The van der Waals surface area contributed by atoms with E-state index < -0.39 is 0 Å². The van der Waals surface area contributed by atoms with E-state index in [-0.39, 0.29) is 12.0 Å². The number of rotatable bonds is 6. The Labute approximate surface area is 120 Å². The van der Waals surface area contributed by atoms with Gasteiger partial charge in [-0.05, 0) is 19.4 Å². The summed E-state index contributed by atoms with van der Waals surface area (Å²) in [5.41, 5.74) is 1.16. The average Bonchev–Trinajstić information content (AvgIpc) is 2.87. The minimum atomic E-state index is -0.200. The van der Waals surface area contributed by atoms with Gasteiger partial charge in [-0.2, -0.15) is 5.10 Å². The molecule has 0 radical (unpaired) electrons. The predicted octanol–water partition coefficient (Wildman–Crippen LogP) is 0.630. The minimum Gasteiger partial charge on any atom is -0.465 e. The molecule has 0 aliphatic carbocycles. The monoisotopic (exact) mass is 280 g/mol. The van der Waals surface area contributed by atoms with Gasteiger partial charge in [-0.1, -0.05) is 6.92 Å². The van der Waals surface area contributed by atoms with Gasteiger partial charge in [-0.3, -0.25) is 14.4 Å². The fourth-order valence-corrected chi connectivity index (χ4v) is 2.52. The van der Waals surface area contributed by atoms with Gasteiger partial charge in [0, 0.05) is 38.9 Å². The van der Waals surface area contributed by atoms with Crippen molar-refractivity contribution in [3.05, 3.63) is 18.0 Å². The number of hydrogen-bond donors (Lipinski definition) is 1. The maximum absolute atomic E-state index is 12.0. The highest BCUT2D eigenvalue weighted by molar-refractivity contribution is 5.76. The van der Waals surface area contributed by atoms with Gasteiger partial charge in [0.2, 0.25) is 0 Å². The lowest BCUT2D eigenvalue weighted by Gasteiger charge is -2.34. The molecule has 20 heavy (non-hydrogen) atoms. The molecular formula is C14H24N4O2. The fourth-order valence-electron chi connectivity index (χ4n) is 2.52. The van der Waals surface area contributed by atoms with Crippen molar-refractivity contribution in [1.82, 2.24) is 20.0 Å². The van der Waals surface area contributed by atoms with Gasteiger partial charge in [0.1, 0.15) is 6.04 Å². The molecule has 6 heteroatoms. The summed E-state index contributed by atoms with van der Waals surface area (Å²) in [6.07, 6.45) is 2.88. The van der Waals surface area contributed by atoms with E-state index in [4.69, 9.17) is 4.74 Å². The highest BCUT2D eigenvalue weighted by Crippen LogP contribution is 2.12. The van der Waals surface area contributed by atoms with Crippen LogP contribution >= 0.6 is 0 Å². The molecule has 1 aromatic rings. The Balaban J connectivity index is 2.04. The first kappa shape index (κ1) is 15.0. The highest BCUT2D eigenvalue weighted by atomic mass is 16.5. The molecule has 1 unspecified atom stereocenters. The third kappa shape index (κ3) is 3.58. The van der Waals surface area contributed by atoms with E-state index in [9.17, 15) is 4.79 Å². The quantitative estimate of drug-likeness (QED) is 0.775. The minimum absolute atomic E-state index is 0.138. The standard InChI is InChI=1S/C14H24N4O2/c1-3-8-18-12(5-6-16-18)11-17-9-7-15-10-13(17)14(19)20-4-2/h5-6,13,15H,3-4,7-11H2,1-2H3. The normalized spacial score (nSPS) is 20.0. The molecule has 0 spiro atoms. The van der Waals surface area contributed by atoms with Crippen LogP contribution in [0.2, 0.25) is 0 Å². The number of aromatic nitrogens is 2. The molecular weight excluding hydrogens is 256 g/mol. The molecule has 1 atom stereocenters. The van der Waals surface area contributed by atoms with Crippen LogP contribution in [-0.4, -0.2) is 52.9 Å². The van der Waals surface area contributed by atoms with Gasteiger partial charge in [-0.25, -0.2) is 0 Å². The van der Waals surface area contributed by atoms with E-state index in [2.05, 4.69) is 22.2 Å². The topological polar surface area (TPSA) is 59.4 Å². The zero-order valence-corrected chi connectivity index (χ0v) is 12.3. The Morgan fingerprint density at radius 1 is 1.55 bits per heavy atom. The SMILES string of the molecule is CCCn1nccc1CN1CCNCC1C(=O)OCC. The van der Waals surface area contributed by atoms with Crippen LogP contribution in [0.5, 0.6) is 0 Å². The number of ether oxygens (including phenoxy) is 1. The molecule has 0 saturated carbocycles. The van der Waals surface area contributed by atoms with Gasteiger partial charge in [-0.15, -0.1) is 0 Å². The van der Waals surface area contributed by atoms with Crippen LogP contribution < -0.4 is 5.32 Å². The molecule has 2 heterocycles. The zero-order chi connectivity index (χ0) is 14.4. The van der Waals surface area contributed by atoms with E-state index in [0.29, 0.717) is 13.2 Å². The number of hydrogen-bond acceptors (Lipinski definition) is 5. The van der Waals surface area contributed by atoms with E-state index >= 15 is 0 Å². The number of carbonyl (C=O) groups is 1. The average molecular weight is 280 g/mol. The van der Waals surface area contributed by atoms with Gasteiger partial charge in [0.15, 0.2) is 0 Å². The van der Waals surface area contributed by atoms with Crippen molar-refractivity contribution in [3.8, 4) is 0 Å². The Morgan fingerprint density at radius 2 is 2.40 bits per heavy atom. The van der Waals surface area contributed by atoms with E-state index in [0.717, 1.165) is 38.3 Å². The summed E-state index contributed by atoms with van der Waals surface area (Å²) in [6.45, 7) is 8.46. The molecule has 1 aromatic heterocycles. The summed E-state index contributed by atoms with van der Waals surface area (Å²) in [7, 11) is 0. The maximum atomic E-state index is 12.0. The Kier molecular flexibility index (Phi) is 5.55. The lowest BCUT2D eigenvalue weighted by molar-refractivity contribution is -0.150. The van der Waals surface area contributed by atoms with Crippen molar-refractivity contribution in [2.75, 3.05) is 26.2 Å². The largest absolute Gasteiger partial charge is 0.465 e. The Hall–Kier alpha value is -1.40. The summed E-state index contributed by atoms with van der Waals surface area (Å²) in [4.78, 5) is 14.2. The third-order valence-electron chi connectivity index (χ3n) is 3.52. The van der Waals surface area contributed by atoms with Crippen LogP contribution in [0.25, 0.3) is 0 Å². The summed E-state index contributed by atoms with van der Waals surface area (Å²) < 4.78 is 7.18. The van der Waals surface area contributed by atoms with Crippen molar-refractivity contribution < 1.29 is 9.53 Å². The first-order valence-corrected chi connectivity index (χ1v) is 7.38. The van der Waals surface area contributed by atoms with Crippen molar-refractivity contribution in [2.45, 2.75) is 39.4 Å². The second-order valence-corrected chi connectivity index (χ2v) is 4.99. The molecule has 0 amide bonds. The van der Waals surface area contributed by atoms with Crippen LogP contribution in [0.3, 0.4) is 0 Å². The van der Waals surface area contributed by atoms with Crippen LogP contribution in [-0.2, 0) is 22.6 Å². The molecule has 1 aliphatic heterocycles. The highest BCUT2D eigenvalue weighted by Gasteiger charge is 2.30. The summed E-state index contributed by atoms with van der Waals surface area (Å²) in [5.74, 6) is -0.138. The molecule has 1 saturated heterocycles. The summed E-state index contributed by atoms with van der Waals surface area (Å²) >= 11 is 0. The number of esters is 1. The molecule has 6 nitrogen and oxygen atoms in total. The first-order valence-electron chi connectivity index (χ1n) is 7.38. The van der Waals surface area contributed by atoms with E-state index in [1.165, 1.54) is 0 Å². The van der Waals surface area contributed by atoms with Crippen LogP contribution in [0.4, 0.5) is 0 Å². The lowest BCUT2D eigenvalue weighted by atomic mass is 10.2. The fraction of sp³-hybridized carbons (Fsp3) is 0.714. The molecule has 1 N–H and O–H groups in total. The van der Waals surface area contributed by atoms with Crippen LogP contribution in [0, 0.1) is 0 Å². The zero-order valence-electron chi connectivity index (χ0n) is 12.3. The number of nitrogens with zero attached hydrogens (tertiary/aromatic N) is 3. The maximum Gasteiger partial charge on any atom is 0.324 e. The Morgan fingerprint density at radius 3 is 3.15 bits per heavy atom. The van der Waals surface area contributed by atoms with Crippen molar-refractivity contribution in [2.24, 2.45) is 0 Å². The molecule has 1 aliphatic rings. The van der Waals surface area contributed by atoms with Gasteiger partial charge < -0.3 is 10.1 Å². The van der Waals surface area contributed by atoms with Crippen molar-refractivity contribution in [1.29, 1.82) is 0 Å². The van der Waals surface area contributed by atoms with Crippen molar-refractivity contribution >= 4 is 5.97 Å². The second kappa shape index (κ2) is 7.40. The van der Waals surface area contributed by atoms with Crippen molar-refractivity contribution in [3.63, 3.8) is 0 Å². The van der Waals surface area contributed by atoms with Gasteiger partial charge in [0.05, 0.1) is 12.3 Å². The molecule has 0 bridgehead atoms. The van der Waals surface area contributed by atoms with Crippen LogP contribution in [0.15, 0.2) is 12.3 Å². The summed E-state index contributed by atoms with van der Waals surface area (Å²) in [5, 5.41) is 7.59. The molecule has 2 rings (SSSR count). The van der Waals surface area contributed by atoms with E-state index in [1.54, 1.807) is 0 Å². The Bertz CT molecular complexity index is 433. The number of piperazine rings is 1. The molecule has 112 valence electrons. The smallest absolute Gasteiger partial charge is 0.324 e. The summed E-state index contributed by atoms with van der Waals surface area (Å²) in [6, 6.07) is 1.83. The molecule has 1 fully saturated rings. The van der Waals surface area contributed by atoms with Gasteiger partial charge >= 0.3 is 5.97 Å². The van der Waals surface area contributed by atoms with Gasteiger partial charge in [0.25, 0.3) is 0 Å². The van der Waals surface area contributed by atoms with Crippen LogP contribution in [0.1, 0.15) is 26.0 Å².